The fraction of sp³-hybridized carbons (Fsp3) is 0.400. The molecule has 0 heterocycles. The van der Waals surface area contributed by atoms with Gasteiger partial charge in [0.2, 0.25) is 0 Å². The quantitative estimate of drug-likeness (QED) is 0.863. The van der Waals surface area contributed by atoms with Crippen molar-refractivity contribution in [3.8, 4) is 0 Å². The predicted molar refractivity (Wildman–Crippen MR) is 56.8 cm³/mol. The molecule has 1 atom stereocenters. The Hall–Kier alpha value is -0.0500. The summed E-state index contributed by atoms with van der Waals surface area (Å²) in [4.78, 5) is 0. The lowest BCUT2D eigenvalue weighted by Gasteiger charge is -2.09. The summed E-state index contributed by atoms with van der Waals surface area (Å²) in [7, 11) is 0. The first-order valence-electron chi connectivity index (χ1n) is 4.31. The Bertz CT molecular complexity index is 323. The Kier molecular flexibility index (Phi) is 2.63. The molecule has 0 spiro atoms. The van der Waals surface area contributed by atoms with Crippen LogP contribution in [0.25, 0.3) is 0 Å². The van der Waals surface area contributed by atoms with Crippen molar-refractivity contribution < 1.29 is 5.11 Å². The van der Waals surface area contributed by atoms with E-state index >= 15 is 0 Å². The summed E-state index contributed by atoms with van der Waals surface area (Å²) in [6, 6.07) is 5.59. The number of hydrogen-bond acceptors (Lipinski definition) is 1. The van der Waals surface area contributed by atoms with Crippen LogP contribution in [0.15, 0.2) is 22.7 Å². The molecule has 1 N–H and O–H groups in total. The first-order valence-corrected chi connectivity index (χ1v) is 5.48. The van der Waals surface area contributed by atoms with E-state index in [0.717, 1.165) is 22.9 Å². The molecule has 2 rings (SSSR count). The molecule has 0 bridgehead atoms. The topological polar surface area (TPSA) is 20.2 Å². The first kappa shape index (κ1) is 9.50. The van der Waals surface area contributed by atoms with Gasteiger partial charge in [-0.15, -0.1) is 0 Å². The number of hydrogen-bond donors (Lipinski definition) is 1. The Morgan fingerprint density at radius 1 is 1.46 bits per heavy atom. The van der Waals surface area contributed by atoms with Gasteiger partial charge < -0.3 is 5.11 Å². The van der Waals surface area contributed by atoms with E-state index in [1.54, 1.807) is 0 Å². The third kappa shape index (κ3) is 2.06. The van der Waals surface area contributed by atoms with Crippen LogP contribution in [-0.2, 0) is 0 Å². The van der Waals surface area contributed by atoms with Gasteiger partial charge in [-0.2, -0.15) is 0 Å². The average molecular weight is 262 g/mol. The van der Waals surface area contributed by atoms with Gasteiger partial charge in [-0.3, -0.25) is 0 Å². The Morgan fingerprint density at radius 2 is 2.15 bits per heavy atom. The summed E-state index contributed by atoms with van der Waals surface area (Å²) in [5, 5.41) is 10.5. The van der Waals surface area contributed by atoms with Gasteiger partial charge in [-0.05, 0) is 52.4 Å². The zero-order valence-electron chi connectivity index (χ0n) is 7.00. The molecule has 1 aromatic carbocycles. The lowest BCUT2D eigenvalue weighted by Crippen LogP contribution is -1.98. The summed E-state index contributed by atoms with van der Waals surface area (Å²) in [6.07, 6.45) is 1.97. The highest BCUT2D eigenvalue weighted by Crippen LogP contribution is 2.41. The highest BCUT2D eigenvalue weighted by molar-refractivity contribution is 9.10. The van der Waals surface area contributed by atoms with Gasteiger partial charge in [0.15, 0.2) is 0 Å². The van der Waals surface area contributed by atoms with Crippen molar-refractivity contribution in [2.24, 2.45) is 5.92 Å². The molecule has 1 nitrogen and oxygen atoms in total. The van der Waals surface area contributed by atoms with Crippen LogP contribution >= 0.6 is 27.5 Å². The second-order valence-corrected chi connectivity index (χ2v) is 4.72. The number of halogens is 2. The van der Waals surface area contributed by atoms with Crippen molar-refractivity contribution in [1.29, 1.82) is 0 Å². The summed E-state index contributed by atoms with van der Waals surface area (Å²) in [5.41, 5.74) is 0.957. The number of aliphatic hydroxyl groups excluding tert-OH is 1. The van der Waals surface area contributed by atoms with Gasteiger partial charge in [0.05, 0.1) is 11.1 Å². The van der Waals surface area contributed by atoms with Gasteiger partial charge in [-0.25, -0.2) is 0 Å². The summed E-state index contributed by atoms with van der Waals surface area (Å²) in [6.45, 7) is 0. The van der Waals surface area contributed by atoms with E-state index in [2.05, 4.69) is 15.9 Å². The van der Waals surface area contributed by atoms with E-state index in [9.17, 15) is 5.11 Å². The standard InChI is InChI=1S/C10H10BrClO/c11-8-5-7(3-4-9(8)12)10(13)6-1-2-6/h3-6,10,13H,1-2H2. The third-order valence-corrected chi connectivity index (χ3v) is 3.57. The average Bonchev–Trinajstić information content (AvgIpc) is 2.91. The van der Waals surface area contributed by atoms with Gasteiger partial charge in [0.1, 0.15) is 0 Å². The molecule has 1 aliphatic carbocycles. The summed E-state index contributed by atoms with van der Waals surface area (Å²) < 4.78 is 0.853. The van der Waals surface area contributed by atoms with Crippen molar-refractivity contribution in [3.63, 3.8) is 0 Å². The van der Waals surface area contributed by atoms with Crippen LogP contribution in [0.2, 0.25) is 5.02 Å². The van der Waals surface area contributed by atoms with Crippen molar-refractivity contribution >= 4 is 27.5 Å². The molecular weight excluding hydrogens is 251 g/mol. The van der Waals surface area contributed by atoms with Crippen molar-refractivity contribution in [3.05, 3.63) is 33.3 Å². The fourth-order valence-electron chi connectivity index (χ4n) is 1.38. The highest BCUT2D eigenvalue weighted by atomic mass is 79.9. The van der Waals surface area contributed by atoms with E-state index in [1.165, 1.54) is 0 Å². The first-order chi connectivity index (χ1) is 6.18. The second-order valence-electron chi connectivity index (χ2n) is 3.46. The van der Waals surface area contributed by atoms with Crippen LogP contribution in [0, 0.1) is 5.92 Å². The molecule has 0 aliphatic heterocycles. The maximum Gasteiger partial charge on any atom is 0.0818 e. The van der Waals surface area contributed by atoms with Crippen LogP contribution in [-0.4, -0.2) is 5.11 Å². The normalized spacial score (nSPS) is 18.7. The zero-order valence-corrected chi connectivity index (χ0v) is 9.35. The molecule has 70 valence electrons. The summed E-state index contributed by atoms with van der Waals surface area (Å²) >= 11 is 9.19. The third-order valence-electron chi connectivity index (χ3n) is 2.35. The molecule has 1 aliphatic rings. The van der Waals surface area contributed by atoms with Crippen molar-refractivity contribution in [2.75, 3.05) is 0 Å². The second kappa shape index (κ2) is 3.60. The predicted octanol–water partition coefficient (Wildman–Crippen LogP) is 3.55. The molecule has 0 saturated heterocycles. The van der Waals surface area contributed by atoms with Crippen molar-refractivity contribution in [2.45, 2.75) is 18.9 Å². The number of rotatable bonds is 2. The van der Waals surface area contributed by atoms with E-state index < -0.39 is 0 Å². The van der Waals surface area contributed by atoms with E-state index in [-0.39, 0.29) is 6.10 Å². The number of aliphatic hydroxyl groups is 1. The molecule has 1 aromatic rings. The van der Waals surface area contributed by atoms with Gasteiger partial charge >= 0.3 is 0 Å². The maximum absolute atomic E-state index is 9.81. The SMILES string of the molecule is OC(c1ccc(Cl)c(Br)c1)C1CC1. The Morgan fingerprint density at radius 3 is 2.69 bits per heavy atom. The highest BCUT2D eigenvalue weighted by Gasteiger charge is 2.30. The minimum Gasteiger partial charge on any atom is -0.388 e. The molecule has 0 amide bonds. The minimum absolute atomic E-state index is 0.312. The lowest BCUT2D eigenvalue weighted by atomic mass is 10.1. The molecule has 1 saturated carbocycles. The van der Waals surface area contributed by atoms with E-state index in [4.69, 9.17) is 11.6 Å². The van der Waals surface area contributed by atoms with Crippen molar-refractivity contribution in [1.82, 2.24) is 0 Å². The monoisotopic (exact) mass is 260 g/mol. The molecule has 1 fully saturated rings. The molecule has 0 radical (unpaired) electrons. The van der Waals surface area contributed by atoms with Gasteiger partial charge in [0.25, 0.3) is 0 Å². The Balaban J connectivity index is 2.24. The molecule has 0 aromatic heterocycles. The van der Waals surface area contributed by atoms with E-state index in [0.29, 0.717) is 10.9 Å². The van der Waals surface area contributed by atoms with Gasteiger partial charge in [0, 0.05) is 4.47 Å². The Labute approximate surface area is 90.9 Å². The smallest absolute Gasteiger partial charge is 0.0818 e. The lowest BCUT2D eigenvalue weighted by molar-refractivity contribution is 0.154. The van der Waals surface area contributed by atoms with E-state index in [1.807, 2.05) is 18.2 Å². The fourth-order valence-corrected chi connectivity index (χ4v) is 1.89. The molecule has 13 heavy (non-hydrogen) atoms. The van der Waals surface area contributed by atoms with Crippen LogP contribution in [0.4, 0.5) is 0 Å². The zero-order chi connectivity index (χ0) is 9.42. The molecule has 3 heteroatoms. The van der Waals surface area contributed by atoms with Gasteiger partial charge in [-0.1, -0.05) is 17.7 Å². The van der Waals surface area contributed by atoms with Crippen LogP contribution < -0.4 is 0 Å². The molecular formula is C10H10BrClO. The van der Waals surface area contributed by atoms with Crippen LogP contribution in [0.5, 0.6) is 0 Å². The molecule has 1 unspecified atom stereocenters. The largest absolute Gasteiger partial charge is 0.388 e. The minimum atomic E-state index is -0.312. The maximum atomic E-state index is 9.81. The van der Waals surface area contributed by atoms with Crippen LogP contribution in [0.1, 0.15) is 24.5 Å². The summed E-state index contributed by atoms with van der Waals surface area (Å²) in [5.74, 6) is 0.466. The van der Waals surface area contributed by atoms with Crippen LogP contribution in [0.3, 0.4) is 0 Å². The number of benzene rings is 1.